The minimum atomic E-state index is -3.42. The average Bonchev–Trinajstić information content (AvgIpc) is 3.24. The Morgan fingerprint density at radius 3 is 2.62 bits per heavy atom. The number of nitrogens with one attached hydrogen (secondary N) is 2. The molecule has 0 atom stereocenters. The highest BCUT2D eigenvalue weighted by atomic mass is 32.2. The lowest BCUT2D eigenvalue weighted by Gasteiger charge is -2.11. The fourth-order valence-electron chi connectivity index (χ4n) is 3.34. The summed E-state index contributed by atoms with van der Waals surface area (Å²) >= 11 is 0. The van der Waals surface area contributed by atoms with Crippen molar-refractivity contribution in [3.8, 4) is 11.5 Å². The van der Waals surface area contributed by atoms with Crippen LogP contribution in [0.5, 0.6) is 11.5 Å². The van der Waals surface area contributed by atoms with Gasteiger partial charge in [-0.1, -0.05) is 19.9 Å². The molecule has 0 radical (unpaired) electrons. The SMILES string of the molecule is CC(C)c1cc(NC(=O)Cc2ccc(Oc3ccnc4ccc(S(C)(=O)=O)cc34)cc2F)n[nH]1. The summed E-state index contributed by atoms with van der Waals surface area (Å²) in [4.78, 5) is 16.7. The van der Waals surface area contributed by atoms with Gasteiger partial charge in [0.25, 0.3) is 0 Å². The molecule has 4 rings (SSSR count). The van der Waals surface area contributed by atoms with Crippen LogP contribution in [0.25, 0.3) is 10.9 Å². The molecule has 34 heavy (non-hydrogen) atoms. The van der Waals surface area contributed by atoms with Crippen LogP contribution in [0.15, 0.2) is 59.6 Å². The third-order valence-electron chi connectivity index (χ3n) is 5.19. The number of pyridine rings is 1. The van der Waals surface area contributed by atoms with Crippen LogP contribution >= 0.6 is 0 Å². The van der Waals surface area contributed by atoms with Gasteiger partial charge in [0.1, 0.15) is 17.3 Å². The summed E-state index contributed by atoms with van der Waals surface area (Å²) in [5.41, 5.74) is 1.62. The second-order valence-electron chi connectivity index (χ2n) is 8.20. The maximum absolute atomic E-state index is 14.7. The van der Waals surface area contributed by atoms with Gasteiger partial charge in [0.2, 0.25) is 5.91 Å². The van der Waals surface area contributed by atoms with Gasteiger partial charge in [-0.15, -0.1) is 0 Å². The van der Waals surface area contributed by atoms with E-state index in [0.29, 0.717) is 22.5 Å². The number of sulfone groups is 1. The van der Waals surface area contributed by atoms with Crippen LogP contribution in [0.2, 0.25) is 0 Å². The maximum atomic E-state index is 14.7. The number of ether oxygens (including phenoxy) is 1. The van der Waals surface area contributed by atoms with E-state index < -0.39 is 21.6 Å². The molecule has 2 aromatic heterocycles. The number of amides is 1. The molecular formula is C24H23FN4O4S. The van der Waals surface area contributed by atoms with Crippen LogP contribution in [0.1, 0.15) is 31.0 Å². The summed E-state index contributed by atoms with van der Waals surface area (Å²) in [6.45, 7) is 4.00. The maximum Gasteiger partial charge on any atom is 0.230 e. The van der Waals surface area contributed by atoms with E-state index in [9.17, 15) is 17.6 Å². The molecule has 0 fully saturated rings. The topological polar surface area (TPSA) is 114 Å². The third kappa shape index (κ3) is 5.23. The molecule has 0 aliphatic rings. The Labute approximate surface area is 196 Å². The summed E-state index contributed by atoms with van der Waals surface area (Å²) in [5.74, 6) is 0.147. The first kappa shape index (κ1) is 23.4. The third-order valence-corrected chi connectivity index (χ3v) is 6.30. The van der Waals surface area contributed by atoms with Gasteiger partial charge in [-0.3, -0.25) is 14.9 Å². The molecule has 10 heteroatoms. The zero-order valence-electron chi connectivity index (χ0n) is 18.8. The van der Waals surface area contributed by atoms with E-state index in [2.05, 4.69) is 20.5 Å². The molecule has 2 aromatic carbocycles. The molecule has 2 heterocycles. The first-order chi connectivity index (χ1) is 16.1. The van der Waals surface area contributed by atoms with Crippen molar-refractivity contribution in [1.82, 2.24) is 15.2 Å². The molecule has 0 saturated carbocycles. The molecule has 4 aromatic rings. The van der Waals surface area contributed by atoms with E-state index in [1.165, 1.54) is 30.5 Å². The first-order valence-electron chi connectivity index (χ1n) is 10.5. The molecule has 176 valence electrons. The van der Waals surface area contributed by atoms with Crippen molar-refractivity contribution in [2.75, 3.05) is 11.6 Å². The fraction of sp³-hybridized carbons (Fsp3) is 0.208. The molecule has 8 nitrogen and oxygen atoms in total. The van der Waals surface area contributed by atoms with Crippen molar-refractivity contribution in [3.05, 3.63) is 71.8 Å². The van der Waals surface area contributed by atoms with Gasteiger partial charge in [0.05, 0.1) is 16.8 Å². The number of carbonyl (C=O) groups excluding carboxylic acids is 1. The molecule has 2 N–H and O–H groups in total. The molecule has 0 saturated heterocycles. The normalized spacial score (nSPS) is 11.7. The molecule has 0 bridgehead atoms. The van der Waals surface area contributed by atoms with Gasteiger partial charge in [0, 0.05) is 35.7 Å². The highest BCUT2D eigenvalue weighted by Gasteiger charge is 2.14. The van der Waals surface area contributed by atoms with Crippen molar-refractivity contribution >= 4 is 32.5 Å². The highest BCUT2D eigenvalue weighted by molar-refractivity contribution is 7.90. The van der Waals surface area contributed by atoms with Crippen LogP contribution in [-0.4, -0.2) is 35.8 Å². The number of hydrogen-bond donors (Lipinski definition) is 2. The summed E-state index contributed by atoms with van der Waals surface area (Å²) in [5, 5.41) is 10.0. The quantitative estimate of drug-likeness (QED) is 0.398. The molecule has 0 unspecified atom stereocenters. The van der Waals surface area contributed by atoms with Gasteiger partial charge >= 0.3 is 0 Å². The van der Waals surface area contributed by atoms with Gasteiger partial charge < -0.3 is 10.1 Å². The fourth-order valence-corrected chi connectivity index (χ4v) is 3.99. The van der Waals surface area contributed by atoms with Gasteiger partial charge in [0.15, 0.2) is 15.7 Å². The number of aromatic nitrogens is 3. The lowest BCUT2D eigenvalue weighted by atomic mass is 10.1. The van der Waals surface area contributed by atoms with E-state index in [-0.39, 0.29) is 28.5 Å². The largest absolute Gasteiger partial charge is 0.456 e. The number of halogens is 1. The number of hydrogen-bond acceptors (Lipinski definition) is 6. The lowest BCUT2D eigenvalue weighted by molar-refractivity contribution is -0.115. The number of anilines is 1. The van der Waals surface area contributed by atoms with Gasteiger partial charge in [-0.25, -0.2) is 12.8 Å². The van der Waals surface area contributed by atoms with Gasteiger partial charge in [-0.05, 0) is 41.8 Å². The first-order valence-corrected chi connectivity index (χ1v) is 12.4. The zero-order chi connectivity index (χ0) is 24.5. The second kappa shape index (κ2) is 9.22. The van der Waals surface area contributed by atoms with Crippen molar-refractivity contribution < 1.29 is 22.3 Å². The summed E-state index contributed by atoms with van der Waals surface area (Å²) < 4.78 is 44.4. The van der Waals surface area contributed by atoms with Crippen LogP contribution in [0.4, 0.5) is 10.2 Å². The standard InChI is InChI=1S/C24H23FN4O4S/c1-14(2)21-13-23(29-28-21)27-24(30)10-15-4-5-16(11-19(15)25)33-22-8-9-26-20-7-6-17(12-18(20)22)34(3,31)32/h4-9,11-14H,10H2,1-3H3,(H2,27,28,29,30). The summed E-state index contributed by atoms with van der Waals surface area (Å²) in [6.07, 6.45) is 2.46. The second-order valence-corrected chi connectivity index (χ2v) is 10.2. The number of carbonyl (C=O) groups is 1. The number of benzene rings is 2. The van der Waals surface area contributed by atoms with Crippen molar-refractivity contribution in [2.24, 2.45) is 0 Å². The molecular weight excluding hydrogens is 459 g/mol. The van der Waals surface area contributed by atoms with Crippen LogP contribution in [-0.2, 0) is 21.1 Å². The number of aromatic amines is 1. The minimum Gasteiger partial charge on any atom is -0.456 e. The smallest absolute Gasteiger partial charge is 0.230 e. The minimum absolute atomic E-state index is 0.128. The summed E-state index contributed by atoms with van der Waals surface area (Å²) in [7, 11) is -3.42. The zero-order valence-corrected chi connectivity index (χ0v) is 19.6. The van der Waals surface area contributed by atoms with Crippen molar-refractivity contribution in [1.29, 1.82) is 0 Å². The Balaban J connectivity index is 1.51. The Morgan fingerprint density at radius 1 is 1.15 bits per heavy atom. The van der Waals surface area contributed by atoms with Crippen molar-refractivity contribution in [2.45, 2.75) is 31.1 Å². The number of H-pyrrole nitrogens is 1. The lowest BCUT2D eigenvalue weighted by Crippen LogP contribution is -2.15. The number of rotatable bonds is 7. The molecule has 0 aliphatic heterocycles. The molecule has 0 spiro atoms. The van der Waals surface area contributed by atoms with E-state index >= 15 is 0 Å². The predicted molar refractivity (Wildman–Crippen MR) is 126 cm³/mol. The monoisotopic (exact) mass is 482 g/mol. The number of fused-ring (bicyclic) bond motifs is 1. The highest BCUT2D eigenvalue weighted by Crippen LogP contribution is 2.31. The van der Waals surface area contributed by atoms with Crippen LogP contribution in [0, 0.1) is 5.82 Å². The van der Waals surface area contributed by atoms with Crippen LogP contribution < -0.4 is 10.1 Å². The Kier molecular flexibility index (Phi) is 6.34. The molecule has 1 amide bonds. The van der Waals surface area contributed by atoms with Gasteiger partial charge in [-0.2, -0.15) is 5.10 Å². The number of nitrogens with zero attached hydrogens (tertiary/aromatic N) is 2. The Morgan fingerprint density at radius 2 is 1.94 bits per heavy atom. The predicted octanol–water partition coefficient (Wildman–Crippen LogP) is 4.60. The van der Waals surface area contributed by atoms with E-state index in [1.807, 2.05) is 13.8 Å². The molecule has 0 aliphatic carbocycles. The Bertz CT molecular complexity index is 1480. The van der Waals surface area contributed by atoms with Crippen LogP contribution in [0.3, 0.4) is 0 Å². The Hall–Kier alpha value is -3.79. The van der Waals surface area contributed by atoms with E-state index in [1.54, 1.807) is 24.3 Å². The summed E-state index contributed by atoms with van der Waals surface area (Å²) in [6, 6.07) is 12.0. The average molecular weight is 483 g/mol. The van der Waals surface area contributed by atoms with E-state index in [4.69, 9.17) is 4.74 Å². The van der Waals surface area contributed by atoms with Crippen molar-refractivity contribution in [3.63, 3.8) is 0 Å². The van der Waals surface area contributed by atoms with E-state index in [0.717, 1.165) is 11.9 Å².